The Kier molecular flexibility index (Phi) is 4.57. The Balaban J connectivity index is 2.12. The van der Waals surface area contributed by atoms with Gasteiger partial charge in [-0.1, -0.05) is 18.5 Å². The Bertz CT molecular complexity index is 535. The fraction of sp³-hybridized carbons (Fsp3) is 0.667. The highest BCUT2D eigenvalue weighted by atomic mass is 35.5. The van der Waals surface area contributed by atoms with Crippen molar-refractivity contribution in [1.29, 1.82) is 0 Å². The summed E-state index contributed by atoms with van der Waals surface area (Å²) in [7, 11) is -1.80. The molecule has 0 radical (unpaired) electrons. The first kappa shape index (κ1) is 15.3. The van der Waals surface area contributed by atoms with Gasteiger partial charge in [0, 0.05) is 26.8 Å². The molecule has 0 aliphatic carbocycles. The molecule has 1 fully saturated rings. The summed E-state index contributed by atoms with van der Waals surface area (Å²) >= 11 is 6.90. The van der Waals surface area contributed by atoms with Crippen molar-refractivity contribution in [3.63, 3.8) is 0 Å². The molecule has 0 bridgehead atoms. The lowest BCUT2D eigenvalue weighted by atomic mass is 9.82. The van der Waals surface area contributed by atoms with Gasteiger partial charge in [0.25, 0.3) is 10.0 Å². The fourth-order valence-corrected chi connectivity index (χ4v) is 5.25. The van der Waals surface area contributed by atoms with Gasteiger partial charge in [-0.2, -0.15) is 4.31 Å². The van der Waals surface area contributed by atoms with E-state index < -0.39 is 10.0 Å². The quantitative estimate of drug-likeness (QED) is 0.856. The van der Waals surface area contributed by atoms with E-state index >= 15 is 0 Å². The summed E-state index contributed by atoms with van der Waals surface area (Å²) in [5.74, 6) is 0. The Labute approximate surface area is 123 Å². The highest BCUT2D eigenvalue weighted by Gasteiger charge is 2.33. The summed E-state index contributed by atoms with van der Waals surface area (Å²) in [5, 5.41) is 0. The minimum Gasteiger partial charge on any atom is -0.381 e. The lowest BCUT2D eigenvalue weighted by molar-refractivity contribution is 0.0175. The Morgan fingerprint density at radius 2 is 2.05 bits per heavy atom. The van der Waals surface area contributed by atoms with Gasteiger partial charge >= 0.3 is 0 Å². The van der Waals surface area contributed by atoms with Gasteiger partial charge in [0.1, 0.15) is 4.21 Å². The van der Waals surface area contributed by atoms with Crippen molar-refractivity contribution >= 4 is 33.0 Å². The first-order valence-corrected chi connectivity index (χ1v) is 8.76. The number of ether oxygens (including phenoxy) is 1. The van der Waals surface area contributed by atoms with Gasteiger partial charge in [-0.15, -0.1) is 11.3 Å². The number of hydrogen-bond donors (Lipinski definition) is 0. The van der Waals surface area contributed by atoms with E-state index in [1.165, 1.54) is 4.31 Å². The normalized spacial score (nSPS) is 19.8. The van der Waals surface area contributed by atoms with Crippen molar-refractivity contribution in [2.24, 2.45) is 5.41 Å². The number of hydrogen-bond acceptors (Lipinski definition) is 4. The summed E-state index contributed by atoms with van der Waals surface area (Å²) in [5.41, 5.74) is -0.0128. The molecule has 2 heterocycles. The van der Waals surface area contributed by atoms with Crippen LogP contribution in [0.25, 0.3) is 0 Å². The maximum Gasteiger partial charge on any atom is 0.252 e. The summed E-state index contributed by atoms with van der Waals surface area (Å²) in [6.07, 6.45) is 1.77. The second kappa shape index (κ2) is 5.69. The second-order valence-corrected chi connectivity index (χ2v) is 9.23. The Morgan fingerprint density at radius 3 is 2.58 bits per heavy atom. The zero-order chi connectivity index (χ0) is 14.1. The molecule has 0 saturated carbocycles. The van der Waals surface area contributed by atoms with E-state index in [-0.39, 0.29) is 5.41 Å². The Morgan fingerprint density at radius 1 is 1.42 bits per heavy atom. The molecule has 4 nitrogen and oxygen atoms in total. The van der Waals surface area contributed by atoms with Gasteiger partial charge in [-0.3, -0.25) is 0 Å². The highest BCUT2D eigenvalue weighted by molar-refractivity contribution is 7.91. The van der Waals surface area contributed by atoms with Crippen molar-refractivity contribution < 1.29 is 13.2 Å². The van der Waals surface area contributed by atoms with Crippen LogP contribution in [0.2, 0.25) is 4.34 Å². The van der Waals surface area contributed by atoms with Crippen molar-refractivity contribution in [3.8, 4) is 0 Å². The van der Waals surface area contributed by atoms with Crippen LogP contribution in [-0.4, -0.2) is 39.5 Å². The molecular formula is C12H18ClNO3S2. The number of rotatable bonds is 4. The van der Waals surface area contributed by atoms with Crippen LogP contribution in [0.5, 0.6) is 0 Å². The minimum absolute atomic E-state index is 0.0128. The van der Waals surface area contributed by atoms with Crippen LogP contribution in [0.15, 0.2) is 16.3 Å². The van der Waals surface area contributed by atoms with Crippen LogP contribution in [0.4, 0.5) is 0 Å². The van der Waals surface area contributed by atoms with Gasteiger partial charge in [-0.25, -0.2) is 8.42 Å². The standard InChI is InChI=1S/C12H18ClNO3S2/c1-12(5-7-17-8-6-12)9-14(2)19(15,16)11-4-3-10(13)18-11/h3-4H,5-9H2,1-2H3. The summed E-state index contributed by atoms with van der Waals surface area (Å²) in [6.45, 7) is 4.03. The second-order valence-electron chi connectivity index (χ2n) is 5.24. The predicted molar refractivity (Wildman–Crippen MR) is 77.3 cm³/mol. The number of thiophene rings is 1. The van der Waals surface area contributed by atoms with E-state index in [0.29, 0.717) is 28.3 Å². The summed E-state index contributed by atoms with van der Waals surface area (Å²) in [4.78, 5) is 0. The SMILES string of the molecule is CN(CC1(C)CCOCC1)S(=O)(=O)c1ccc(Cl)s1. The average molecular weight is 324 g/mol. The van der Waals surface area contributed by atoms with Crippen molar-refractivity contribution in [2.45, 2.75) is 24.0 Å². The molecule has 1 saturated heterocycles. The number of halogens is 1. The molecule has 0 atom stereocenters. The van der Waals surface area contributed by atoms with Gasteiger partial charge < -0.3 is 4.74 Å². The van der Waals surface area contributed by atoms with Crippen LogP contribution in [0.1, 0.15) is 19.8 Å². The van der Waals surface area contributed by atoms with Crippen LogP contribution in [0, 0.1) is 5.41 Å². The van der Waals surface area contributed by atoms with Crippen LogP contribution in [0.3, 0.4) is 0 Å². The van der Waals surface area contributed by atoms with Crippen LogP contribution < -0.4 is 0 Å². The molecule has 1 aliphatic heterocycles. The first-order valence-electron chi connectivity index (χ1n) is 6.13. The third kappa shape index (κ3) is 3.49. The molecule has 1 aromatic heterocycles. The van der Waals surface area contributed by atoms with Gasteiger partial charge in [0.15, 0.2) is 0 Å². The van der Waals surface area contributed by atoms with Gasteiger partial charge in [-0.05, 0) is 30.4 Å². The van der Waals surface area contributed by atoms with E-state index in [1.807, 2.05) is 0 Å². The monoisotopic (exact) mass is 323 g/mol. The molecule has 0 unspecified atom stereocenters. The molecule has 108 valence electrons. The predicted octanol–water partition coefficient (Wildman–Crippen LogP) is 2.84. The topological polar surface area (TPSA) is 46.6 Å². The van der Waals surface area contributed by atoms with Gasteiger partial charge in [0.05, 0.1) is 4.34 Å². The largest absolute Gasteiger partial charge is 0.381 e. The molecule has 1 aromatic rings. The third-order valence-electron chi connectivity index (χ3n) is 3.52. The zero-order valence-electron chi connectivity index (χ0n) is 11.1. The minimum atomic E-state index is -3.43. The number of nitrogens with zero attached hydrogens (tertiary/aromatic N) is 1. The maximum atomic E-state index is 12.4. The van der Waals surface area contributed by atoms with E-state index in [4.69, 9.17) is 16.3 Å². The maximum absolute atomic E-state index is 12.4. The van der Waals surface area contributed by atoms with Crippen LogP contribution in [-0.2, 0) is 14.8 Å². The molecular weight excluding hydrogens is 306 g/mol. The number of sulfonamides is 1. The fourth-order valence-electron chi connectivity index (χ4n) is 2.23. The van der Waals surface area contributed by atoms with Crippen molar-refractivity contribution in [3.05, 3.63) is 16.5 Å². The van der Waals surface area contributed by atoms with E-state index in [1.54, 1.807) is 19.2 Å². The summed E-state index contributed by atoms with van der Waals surface area (Å²) in [6, 6.07) is 3.17. The lowest BCUT2D eigenvalue weighted by Crippen LogP contribution is -2.40. The molecule has 7 heteroatoms. The molecule has 0 amide bonds. The highest BCUT2D eigenvalue weighted by Crippen LogP contribution is 2.33. The molecule has 0 spiro atoms. The lowest BCUT2D eigenvalue weighted by Gasteiger charge is -2.36. The van der Waals surface area contributed by atoms with Gasteiger partial charge in [0.2, 0.25) is 0 Å². The molecule has 0 N–H and O–H groups in total. The Hall–Kier alpha value is -0.140. The van der Waals surface area contributed by atoms with Crippen molar-refractivity contribution in [1.82, 2.24) is 4.31 Å². The molecule has 0 aromatic carbocycles. The molecule has 19 heavy (non-hydrogen) atoms. The van der Waals surface area contributed by atoms with E-state index in [2.05, 4.69) is 6.92 Å². The third-order valence-corrected chi connectivity index (χ3v) is 7.02. The molecule has 2 rings (SSSR count). The van der Waals surface area contributed by atoms with Crippen LogP contribution >= 0.6 is 22.9 Å². The first-order chi connectivity index (χ1) is 8.83. The van der Waals surface area contributed by atoms with Crippen molar-refractivity contribution in [2.75, 3.05) is 26.8 Å². The summed E-state index contributed by atoms with van der Waals surface area (Å²) < 4.78 is 32.4. The smallest absolute Gasteiger partial charge is 0.252 e. The van der Waals surface area contributed by atoms with E-state index in [9.17, 15) is 8.42 Å². The van der Waals surface area contributed by atoms with E-state index in [0.717, 1.165) is 24.2 Å². The molecule has 1 aliphatic rings. The zero-order valence-corrected chi connectivity index (χ0v) is 13.4. The average Bonchev–Trinajstić information content (AvgIpc) is 2.77.